The summed E-state index contributed by atoms with van der Waals surface area (Å²) in [5.41, 5.74) is 6.22. The first-order valence-corrected chi connectivity index (χ1v) is 3.55. The molecule has 0 aliphatic carbocycles. The first-order valence-electron chi connectivity index (χ1n) is 3.55. The fourth-order valence-electron chi connectivity index (χ4n) is 0.869. The summed E-state index contributed by atoms with van der Waals surface area (Å²) in [6, 6.07) is 4.67. The summed E-state index contributed by atoms with van der Waals surface area (Å²) >= 11 is 0. The molecule has 0 radical (unpaired) electrons. The Morgan fingerprint density at radius 2 is 2.42 bits per heavy atom. The summed E-state index contributed by atoms with van der Waals surface area (Å²) in [4.78, 5) is 13.1. The molecular formula is C8H9N3O. The SMILES string of the molecule is N#CC[C@H](N)c1ccc(=O)[nH]c1. The second-order valence-electron chi connectivity index (χ2n) is 2.45. The normalized spacial score (nSPS) is 12.0. The van der Waals surface area contributed by atoms with E-state index in [9.17, 15) is 4.79 Å². The molecule has 1 aromatic heterocycles. The van der Waals surface area contributed by atoms with Crippen LogP contribution in [0, 0.1) is 11.3 Å². The first kappa shape index (κ1) is 8.50. The predicted octanol–water partition coefficient (Wildman–Crippen LogP) is 0.288. The van der Waals surface area contributed by atoms with Gasteiger partial charge in [0.2, 0.25) is 5.56 Å². The van der Waals surface area contributed by atoms with Crippen molar-refractivity contribution in [1.82, 2.24) is 4.98 Å². The molecule has 3 N–H and O–H groups in total. The summed E-state index contributed by atoms with van der Waals surface area (Å²) in [5, 5.41) is 8.35. The van der Waals surface area contributed by atoms with Gasteiger partial charge in [-0.05, 0) is 5.56 Å². The predicted molar refractivity (Wildman–Crippen MR) is 44.2 cm³/mol. The van der Waals surface area contributed by atoms with Crippen LogP contribution in [0.4, 0.5) is 0 Å². The summed E-state index contributed by atoms with van der Waals surface area (Å²) in [7, 11) is 0. The number of H-pyrrole nitrogens is 1. The van der Waals surface area contributed by atoms with E-state index in [1.807, 2.05) is 6.07 Å². The quantitative estimate of drug-likeness (QED) is 0.657. The van der Waals surface area contributed by atoms with Gasteiger partial charge in [-0.1, -0.05) is 6.07 Å². The zero-order valence-corrected chi connectivity index (χ0v) is 6.45. The summed E-state index contributed by atoms with van der Waals surface area (Å²) in [6.45, 7) is 0. The van der Waals surface area contributed by atoms with E-state index in [-0.39, 0.29) is 18.0 Å². The standard InChI is InChI=1S/C8H9N3O/c9-4-3-7(10)6-1-2-8(12)11-5-6/h1-2,5,7H,3,10H2,(H,11,12)/t7-/m0/s1. The number of nitrogens with zero attached hydrogens (tertiary/aromatic N) is 1. The number of nitrogens with one attached hydrogen (secondary N) is 1. The second kappa shape index (κ2) is 3.69. The average molecular weight is 163 g/mol. The minimum atomic E-state index is -0.313. The van der Waals surface area contributed by atoms with Crippen molar-refractivity contribution in [3.63, 3.8) is 0 Å². The van der Waals surface area contributed by atoms with Crippen LogP contribution in [0.5, 0.6) is 0 Å². The lowest BCUT2D eigenvalue weighted by Crippen LogP contribution is -2.12. The van der Waals surface area contributed by atoms with Crippen LogP contribution in [-0.4, -0.2) is 4.98 Å². The van der Waals surface area contributed by atoms with Crippen molar-refractivity contribution in [1.29, 1.82) is 5.26 Å². The molecule has 0 aromatic carbocycles. The molecule has 1 rings (SSSR count). The van der Waals surface area contributed by atoms with E-state index in [0.29, 0.717) is 0 Å². The largest absolute Gasteiger partial charge is 0.329 e. The Balaban J connectivity index is 2.83. The molecule has 0 aliphatic rings. The number of rotatable bonds is 2. The molecule has 12 heavy (non-hydrogen) atoms. The van der Waals surface area contributed by atoms with Crippen molar-refractivity contribution < 1.29 is 0 Å². The Hall–Kier alpha value is -1.60. The molecule has 0 fully saturated rings. The molecule has 0 aliphatic heterocycles. The number of hydrogen-bond donors (Lipinski definition) is 2. The maximum absolute atomic E-state index is 10.6. The number of hydrogen-bond acceptors (Lipinski definition) is 3. The van der Waals surface area contributed by atoms with E-state index in [1.54, 1.807) is 6.07 Å². The van der Waals surface area contributed by atoms with Crippen LogP contribution in [-0.2, 0) is 0 Å². The van der Waals surface area contributed by atoms with Gasteiger partial charge in [-0.25, -0.2) is 0 Å². The van der Waals surface area contributed by atoms with Crippen LogP contribution in [0.25, 0.3) is 0 Å². The molecule has 1 atom stereocenters. The fraction of sp³-hybridized carbons (Fsp3) is 0.250. The minimum Gasteiger partial charge on any atom is -0.329 e. The molecule has 4 nitrogen and oxygen atoms in total. The van der Waals surface area contributed by atoms with Crippen LogP contribution in [0.2, 0.25) is 0 Å². The smallest absolute Gasteiger partial charge is 0.247 e. The molecule has 0 saturated carbocycles. The van der Waals surface area contributed by atoms with Crippen LogP contribution in [0.15, 0.2) is 23.1 Å². The van der Waals surface area contributed by atoms with Crippen LogP contribution in [0.1, 0.15) is 18.0 Å². The Labute approximate surface area is 69.6 Å². The van der Waals surface area contributed by atoms with Crippen molar-refractivity contribution in [3.8, 4) is 6.07 Å². The zero-order chi connectivity index (χ0) is 8.97. The third kappa shape index (κ3) is 1.94. The molecule has 0 saturated heterocycles. The lowest BCUT2D eigenvalue weighted by atomic mass is 10.1. The molecular weight excluding hydrogens is 154 g/mol. The highest BCUT2D eigenvalue weighted by Gasteiger charge is 2.03. The molecule has 0 unspecified atom stereocenters. The molecule has 1 heterocycles. The highest BCUT2D eigenvalue weighted by atomic mass is 16.1. The van der Waals surface area contributed by atoms with Gasteiger partial charge in [-0.2, -0.15) is 5.26 Å². The molecule has 62 valence electrons. The van der Waals surface area contributed by atoms with E-state index in [1.165, 1.54) is 12.3 Å². The highest BCUT2D eigenvalue weighted by Crippen LogP contribution is 2.09. The molecule has 4 heteroatoms. The Kier molecular flexibility index (Phi) is 2.62. The Bertz CT molecular complexity index is 330. The third-order valence-electron chi connectivity index (χ3n) is 1.55. The van der Waals surface area contributed by atoms with Crippen LogP contribution >= 0.6 is 0 Å². The van der Waals surface area contributed by atoms with Crippen LogP contribution < -0.4 is 11.3 Å². The molecule has 0 bridgehead atoms. The maximum Gasteiger partial charge on any atom is 0.247 e. The summed E-state index contributed by atoms with van der Waals surface area (Å²) in [5.74, 6) is 0. The minimum absolute atomic E-state index is 0.164. The van der Waals surface area contributed by atoms with Crippen molar-refractivity contribution in [2.75, 3.05) is 0 Å². The van der Waals surface area contributed by atoms with E-state index in [4.69, 9.17) is 11.0 Å². The number of aromatic nitrogens is 1. The number of nitriles is 1. The molecule has 0 amide bonds. The van der Waals surface area contributed by atoms with E-state index in [0.717, 1.165) is 5.56 Å². The highest BCUT2D eigenvalue weighted by molar-refractivity contribution is 5.14. The fourth-order valence-corrected chi connectivity index (χ4v) is 0.869. The zero-order valence-electron chi connectivity index (χ0n) is 6.45. The average Bonchev–Trinajstić information content (AvgIpc) is 2.06. The summed E-state index contributed by atoms with van der Waals surface area (Å²) < 4.78 is 0. The Morgan fingerprint density at radius 1 is 1.67 bits per heavy atom. The van der Waals surface area contributed by atoms with Gasteiger partial charge in [0.15, 0.2) is 0 Å². The van der Waals surface area contributed by atoms with E-state index in [2.05, 4.69) is 4.98 Å². The Morgan fingerprint density at radius 3 is 2.92 bits per heavy atom. The van der Waals surface area contributed by atoms with Gasteiger partial charge in [-0.15, -0.1) is 0 Å². The third-order valence-corrected chi connectivity index (χ3v) is 1.55. The number of pyridine rings is 1. The van der Waals surface area contributed by atoms with Crippen molar-refractivity contribution >= 4 is 0 Å². The van der Waals surface area contributed by atoms with Crippen molar-refractivity contribution in [3.05, 3.63) is 34.2 Å². The van der Waals surface area contributed by atoms with Crippen LogP contribution in [0.3, 0.4) is 0 Å². The van der Waals surface area contributed by atoms with Gasteiger partial charge in [0.1, 0.15) is 0 Å². The monoisotopic (exact) mass is 163 g/mol. The summed E-state index contributed by atoms with van der Waals surface area (Å²) in [6.07, 6.45) is 1.79. The number of nitrogens with two attached hydrogens (primary N) is 1. The van der Waals surface area contributed by atoms with E-state index >= 15 is 0 Å². The van der Waals surface area contributed by atoms with Crippen molar-refractivity contribution in [2.24, 2.45) is 5.73 Å². The van der Waals surface area contributed by atoms with Crippen molar-refractivity contribution in [2.45, 2.75) is 12.5 Å². The maximum atomic E-state index is 10.6. The van der Waals surface area contributed by atoms with Gasteiger partial charge in [-0.3, -0.25) is 4.79 Å². The lowest BCUT2D eigenvalue weighted by Gasteiger charge is -2.05. The molecule has 1 aromatic rings. The van der Waals surface area contributed by atoms with Gasteiger partial charge < -0.3 is 10.7 Å². The second-order valence-corrected chi connectivity index (χ2v) is 2.45. The lowest BCUT2D eigenvalue weighted by molar-refractivity contribution is 0.743. The van der Waals surface area contributed by atoms with E-state index < -0.39 is 0 Å². The van der Waals surface area contributed by atoms with Gasteiger partial charge >= 0.3 is 0 Å². The van der Waals surface area contributed by atoms with Gasteiger partial charge in [0.25, 0.3) is 0 Å². The first-order chi connectivity index (χ1) is 5.74. The topological polar surface area (TPSA) is 82.7 Å². The molecule has 0 spiro atoms. The van der Waals surface area contributed by atoms with Gasteiger partial charge in [0, 0.05) is 18.3 Å². The van der Waals surface area contributed by atoms with Gasteiger partial charge in [0.05, 0.1) is 12.5 Å². The number of aromatic amines is 1.